The van der Waals surface area contributed by atoms with Gasteiger partial charge in [0, 0.05) is 12.6 Å². The smallest absolute Gasteiger partial charge is 0.0576 e. The summed E-state index contributed by atoms with van der Waals surface area (Å²) in [5, 5.41) is 3.58. The van der Waals surface area contributed by atoms with Gasteiger partial charge >= 0.3 is 0 Å². The minimum atomic E-state index is 0.562. The minimum absolute atomic E-state index is 0.562. The Balaban J connectivity index is 1.91. The molecule has 1 fully saturated rings. The summed E-state index contributed by atoms with van der Waals surface area (Å²) in [4.78, 5) is 0. The molecule has 2 heteroatoms. The van der Waals surface area contributed by atoms with Crippen LogP contribution < -0.4 is 5.32 Å². The van der Waals surface area contributed by atoms with Gasteiger partial charge in [0.2, 0.25) is 0 Å². The van der Waals surface area contributed by atoms with Crippen LogP contribution >= 0.6 is 0 Å². The summed E-state index contributed by atoms with van der Waals surface area (Å²) in [7, 11) is 0. The van der Waals surface area contributed by atoms with Gasteiger partial charge < -0.3 is 10.1 Å². The first-order valence-corrected chi connectivity index (χ1v) is 6.53. The number of ether oxygens (including phenoxy) is 1. The van der Waals surface area contributed by atoms with Crippen molar-refractivity contribution in [2.24, 2.45) is 5.92 Å². The maximum atomic E-state index is 5.60. The summed E-state index contributed by atoms with van der Waals surface area (Å²) < 4.78 is 5.60. The molecule has 0 radical (unpaired) electrons. The second-order valence-electron chi connectivity index (χ2n) is 5.26. The number of rotatable bonds is 7. The van der Waals surface area contributed by atoms with E-state index in [-0.39, 0.29) is 0 Å². The number of hydrogen-bond donors (Lipinski definition) is 1. The van der Waals surface area contributed by atoms with Gasteiger partial charge in [-0.15, -0.1) is 0 Å². The van der Waals surface area contributed by atoms with Crippen molar-refractivity contribution in [3.05, 3.63) is 0 Å². The summed E-state index contributed by atoms with van der Waals surface area (Å²) in [6, 6.07) is 0.662. The standard InChI is InChI=1S/C13H27NO/c1-11(2)10-12(3)14-8-4-6-13-7-5-9-15-13/h11-14H,4-10H2,1-3H3. The van der Waals surface area contributed by atoms with E-state index in [1.165, 1.54) is 32.1 Å². The molecule has 1 N–H and O–H groups in total. The molecule has 2 unspecified atom stereocenters. The van der Waals surface area contributed by atoms with Crippen molar-refractivity contribution < 1.29 is 4.74 Å². The lowest BCUT2D eigenvalue weighted by molar-refractivity contribution is 0.102. The van der Waals surface area contributed by atoms with Crippen LogP contribution in [-0.2, 0) is 4.74 Å². The highest BCUT2D eigenvalue weighted by Gasteiger charge is 2.14. The normalized spacial score (nSPS) is 23.6. The quantitative estimate of drug-likeness (QED) is 0.656. The highest BCUT2D eigenvalue weighted by molar-refractivity contribution is 4.67. The van der Waals surface area contributed by atoms with Crippen LogP contribution in [-0.4, -0.2) is 25.3 Å². The minimum Gasteiger partial charge on any atom is -0.378 e. The fraction of sp³-hybridized carbons (Fsp3) is 1.00. The van der Waals surface area contributed by atoms with E-state index in [1.807, 2.05) is 0 Å². The molecule has 0 aromatic heterocycles. The fourth-order valence-corrected chi connectivity index (χ4v) is 2.34. The maximum Gasteiger partial charge on any atom is 0.0576 e. The molecule has 0 saturated carbocycles. The van der Waals surface area contributed by atoms with Crippen LogP contribution in [0.2, 0.25) is 0 Å². The van der Waals surface area contributed by atoms with Gasteiger partial charge in [-0.1, -0.05) is 13.8 Å². The van der Waals surface area contributed by atoms with E-state index in [2.05, 4.69) is 26.1 Å². The maximum absolute atomic E-state index is 5.60. The molecule has 1 aliphatic rings. The van der Waals surface area contributed by atoms with Crippen LogP contribution in [0.25, 0.3) is 0 Å². The molecule has 0 aliphatic carbocycles. The van der Waals surface area contributed by atoms with Gasteiger partial charge in [0.05, 0.1) is 6.10 Å². The highest BCUT2D eigenvalue weighted by Crippen LogP contribution is 2.16. The lowest BCUT2D eigenvalue weighted by Gasteiger charge is -2.16. The van der Waals surface area contributed by atoms with Crippen LogP contribution in [0.4, 0.5) is 0 Å². The topological polar surface area (TPSA) is 21.3 Å². The van der Waals surface area contributed by atoms with E-state index in [9.17, 15) is 0 Å². The third kappa shape index (κ3) is 6.16. The third-order valence-electron chi connectivity index (χ3n) is 3.04. The van der Waals surface area contributed by atoms with Crippen molar-refractivity contribution in [2.75, 3.05) is 13.2 Å². The van der Waals surface area contributed by atoms with Crippen molar-refractivity contribution >= 4 is 0 Å². The predicted molar refractivity (Wildman–Crippen MR) is 65.1 cm³/mol. The van der Waals surface area contributed by atoms with E-state index in [4.69, 9.17) is 4.74 Å². The van der Waals surface area contributed by atoms with E-state index in [1.54, 1.807) is 0 Å². The van der Waals surface area contributed by atoms with Crippen molar-refractivity contribution in [3.8, 4) is 0 Å². The lowest BCUT2D eigenvalue weighted by atomic mass is 10.0. The van der Waals surface area contributed by atoms with Gasteiger partial charge in [-0.05, 0) is 51.5 Å². The first kappa shape index (κ1) is 13.0. The molecular weight excluding hydrogens is 186 g/mol. The first-order valence-electron chi connectivity index (χ1n) is 6.53. The zero-order chi connectivity index (χ0) is 11.1. The molecule has 1 aliphatic heterocycles. The van der Waals surface area contributed by atoms with E-state index < -0.39 is 0 Å². The molecule has 1 rings (SSSR count). The highest BCUT2D eigenvalue weighted by atomic mass is 16.5. The molecule has 0 bridgehead atoms. The van der Waals surface area contributed by atoms with Crippen LogP contribution in [0.1, 0.15) is 52.9 Å². The lowest BCUT2D eigenvalue weighted by Crippen LogP contribution is -2.28. The Morgan fingerprint density at radius 3 is 2.73 bits per heavy atom. The Labute approximate surface area is 94.8 Å². The van der Waals surface area contributed by atoms with Gasteiger partial charge in [0.1, 0.15) is 0 Å². The summed E-state index contributed by atoms with van der Waals surface area (Å²) >= 11 is 0. The number of hydrogen-bond acceptors (Lipinski definition) is 2. The Morgan fingerprint density at radius 1 is 1.33 bits per heavy atom. The largest absolute Gasteiger partial charge is 0.378 e. The molecule has 15 heavy (non-hydrogen) atoms. The van der Waals surface area contributed by atoms with Gasteiger partial charge in [-0.2, -0.15) is 0 Å². The predicted octanol–water partition coefficient (Wildman–Crippen LogP) is 2.97. The van der Waals surface area contributed by atoms with Crippen molar-refractivity contribution in [1.29, 1.82) is 0 Å². The first-order chi connectivity index (χ1) is 7.18. The third-order valence-corrected chi connectivity index (χ3v) is 3.04. The van der Waals surface area contributed by atoms with E-state index in [0.29, 0.717) is 12.1 Å². The molecule has 2 nitrogen and oxygen atoms in total. The van der Waals surface area contributed by atoms with Crippen LogP contribution in [0.3, 0.4) is 0 Å². The molecule has 90 valence electrons. The van der Waals surface area contributed by atoms with Gasteiger partial charge in [-0.3, -0.25) is 0 Å². The van der Waals surface area contributed by atoms with Crippen molar-refractivity contribution in [3.63, 3.8) is 0 Å². The molecule has 0 amide bonds. The summed E-state index contributed by atoms with van der Waals surface area (Å²) in [5.74, 6) is 0.797. The zero-order valence-electron chi connectivity index (χ0n) is 10.6. The summed E-state index contributed by atoms with van der Waals surface area (Å²) in [5.41, 5.74) is 0. The van der Waals surface area contributed by atoms with Crippen LogP contribution in [0.5, 0.6) is 0 Å². The van der Waals surface area contributed by atoms with Crippen LogP contribution in [0.15, 0.2) is 0 Å². The second kappa shape index (κ2) is 7.24. The Bertz CT molecular complexity index is 153. The zero-order valence-corrected chi connectivity index (χ0v) is 10.6. The summed E-state index contributed by atoms with van der Waals surface area (Å²) in [6.07, 6.45) is 6.88. The number of nitrogens with one attached hydrogen (secondary N) is 1. The molecule has 0 aromatic carbocycles. The Hall–Kier alpha value is -0.0800. The van der Waals surface area contributed by atoms with Crippen molar-refractivity contribution in [2.45, 2.75) is 65.0 Å². The van der Waals surface area contributed by atoms with Gasteiger partial charge in [-0.25, -0.2) is 0 Å². The van der Waals surface area contributed by atoms with Gasteiger partial charge in [0.25, 0.3) is 0 Å². The second-order valence-corrected chi connectivity index (χ2v) is 5.26. The molecule has 1 saturated heterocycles. The SMILES string of the molecule is CC(C)CC(C)NCCCC1CCCO1. The monoisotopic (exact) mass is 213 g/mol. The Kier molecular flexibility index (Phi) is 6.26. The van der Waals surface area contributed by atoms with E-state index >= 15 is 0 Å². The average molecular weight is 213 g/mol. The van der Waals surface area contributed by atoms with Gasteiger partial charge in [0.15, 0.2) is 0 Å². The van der Waals surface area contributed by atoms with Crippen molar-refractivity contribution in [1.82, 2.24) is 5.32 Å². The summed E-state index contributed by atoms with van der Waals surface area (Å²) in [6.45, 7) is 8.98. The Morgan fingerprint density at radius 2 is 2.13 bits per heavy atom. The molecule has 0 spiro atoms. The average Bonchev–Trinajstić information content (AvgIpc) is 2.63. The van der Waals surface area contributed by atoms with Crippen LogP contribution in [0, 0.1) is 5.92 Å². The molecular formula is C13H27NO. The van der Waals surface area contributed by atoms with E-state index in [0.717, 1.165) is 19.1 Å². The molecule has 1 heterocycles. The fourth-order valence-electron chi connectivity index (χ4n) is 2.34. The molecule has 0 aromatic rings. The molecule has 2 atom stereocenters.